The van der Waals surface area contributed by atoms with Gasteiger partial charge in [0.2, 0.25) is 0 Å². The smallest absolute Gasteiger partial charge is 0.164 e. The molecule has 1 aliphatic carbocycles. The van der Waals surface area contributed by atoms with Crippen LogP contribution in [0.15, 0.2) is 6.33 Å². The molecule has 0 radical (unpaired) electrons. The van der Waals surface area contributed by atoms with Gasteiger partial charge < -0.3 is 5.32 Å². The molecule has 2 rings (SSSR count). The first-order chi connectivity index (χ1) is 7.81. The Hall–Kier alpha value is -0.900. The van der Waals surface area contributed by atoms with E-state index in [0.717, 1.165) is 30.9 Å². The van der Waals surface area contributed by atoms with Crippen molar-refractivity contribution in [1.82, 2.24) is 20.1 Å². The molecule has 0 aromatic carbocycles. The number of rotatable bonds is 7. The quantitative estimate of drug-likeness (QED) is 0.767. The predicted molar refractivity (Wildman–Crippen MR) is 64.0 cm³/mol. The van der Waals surface area contributed by atoms with Gasteiger partial charge in [-0.2, -0.15) is 5.10 Å². The maximum absolute atomic E-state index is 4.49. The van der Waals surface area contributed by atoms with Gasteiger partial charge in [0.15, 0.2) is 5.82 Å². The third-order valence-electron chi connectivity index (χ3n) is 3.31. The second kappa shape index (κ2) is 5.43. The summed E-state index contributed by atoms with van der Waals surface area (Å²) in [7, 11) is 0. The lowest BCUT2D eigenvalue weighted by molar-refractivity contribution is 0.393. The van der Waals surface area contributed by atoms with Crippen LogP contribution in [-0.4, -0.2) is 20.8 Å². The van der Waals surface area contributed by atoms with Crippen LogP contribution in [0.5, 0.6) is 0 Å². The minimum absolute atomic E-state index is 0.728. The molecule has 1 heterocycles. The van der Waals surface area contributed by atoms with Gasteiger partial charge >= 0.3 is 0 Å². The third-order valence-corrected chi connectivity index (χ3v) is 3.31. The Morgan fingerprint density at radius 2 is 2.19 bits per heavy atom. The molecule has 1 saturated carbocycles. The summed E-state index contributed by atoms with van der Waals surface area (Å²) in [6.07, 6.45) is 6.92. The molecule has 16 heavy (non-hydrogen) atoms. The van der Waals surface area contributed by atoms with Gasteiger partial charge in [-0.3, -0.25) is 4.68 Å². The molecule has 0 atom stereocenters. The molecule has 4 nitrogen and oxygen atoms in total. The van der Waals surface area contributed by atoms with Crippen LogP contribution in [0, 0.1) is 5.92 Å². The first-order valence-corrected chi connectivity index (χ1v) is 6.43. The van der Waals surface area contributed by atoms with Crippen LogP contribution in [0.4, 0.5) is 0 Å². The zero-order valence-electron chi connectivity index (χ0n) is 10.3. The Morgan fingerprint density at radius 3 is 2.81 bits per heavy atom. The molecule has 1 aromatic rings. The van der Waals surface area contributed by atoms with E-state index in [-0.39, 0.29) is 0 Å². The fourth-order valence-electron chi connectivity index (χ4n) is 1.84. The second-order valence-electron chi connectivity index (χ2n) is 4.72. The third kappa shape index (κ3) is 3.30. The van der Waals surface area contributed by atoms with Crippen LogP contribution in [0.1, 0.15) is 45.4 Å². The standard InChI is InChI=1S/C12H22N4/c1-3-10(4-2)8-16-9-14-12(15-16)7-13-11-5-6-11/h9-11,13H,3-8H2,1-2H3. The van der Waals surface area contributed by atoms with Crippen molar-refractivity contribution in [2.24, 2.45) is 5.92 Å². The van der Waals surface area contributed by atoms with Crippen LogP contribution < -0.4 is 5.32 Å². The summed E-state index contributed by atoms with van der Waals surface area (Å²) >= 11 is 0. The van der Waals surface area contributed by atoms with E-state index >= 15 is 0 Å². The SMILES string of the molecule is CCC(CC)Cn1cnc(CNC2CC2)n1. The summed E-state index contributed by atoms with van der Waals surface area (Å²) in [5, 5.41) is 7.92. The number of hydrogen-bond acceptors (Lipinski definition) is 3. The average molecular weight is 222 g/mol. The zero-order chi connectivity index (χ0) is 11.4. The van der Waals surface area contributed by atoms with Crippen molar-refractivity contribution in [3.05, 3.63) is 12.2 Å². The van der Waals surface area contributed by atoms with Crippen molar-refractivity contribution in [3.63, 3.8) is 0 Å². The van der Waals surface area contributed by atoms with Gasteiger partial charge in [-0.15, -0.1) is 0 Å². The van der Waals surface area contributed by atoms with Gasteiger partial charge in [-0.1, -0.05) is 26.7 Å². The van der Waals surface area contributed by atoms with Crippen molar-refractivity contribution in [2.45, 2.75) is 58.7 Å². The lowest BCUT2D eigenvalue weighted by Gasteiger charge is -2.10. The Bertz CT molecular complexity index is 313. The monoisotopic (exact) mass is 222 g/mol. The van der Waals surface area contributed by atoms with Crippen molar-refractivity contribution in [3.8, 4) is 0 Å². The number of nitrogens with zero attached hydrogens (tertiary/aromatic N) is 3. The lowest BCUT2D eigenvalue weighted by atomic mass is 10.0. The summed E-state index contributed by atoms with van der Waals surface area (Å²) in [5.74, 6) is 1.66. The highest BCUT2D eigenvalue weighted by Crippen LogP contribution is 2.18. The van der Waals surface area contributed by atoms with E-state index < -0.39 is 0 Å². The van der Waals surface area contributed by atoms with Crippen LogP contribution >= 0.6 is 0 Å². The highest BCUT2D eigenvalue weighted by atomic mass is 15.3. The van der Waals surface area contributed by atoms with E-state index in [2.05, 4.69) is 29.2 Å². The molecule has 0 bridgehead atoms. The Balaban J connectivity index is 1.80. The topological polar surface area (TPSA) is 42.7 Å². The van der Waals surface area contributed by atoms with E-state index in [1.54, 1.807) is 0 Å². The maximum Gasteiger partial charge on any atom is 0.164 e. The minimum atomic E-state index is 0.728. The van der Waals surface area contributed by atoms with Gasteiger partial charge in [-0.25, -0.2) is 4.98 Å². The summed E-state index contributed by atoms with van der Waals surface area (Å²) < 4.78 is 1.99. The first-order valence-electron chi connectivity index (χ1n) is 6.43. The lowest BCUT2D eigenvalue weighted by Crippen LogP contribution is -2.17. The van der Waals surface area contributed by atoms with Crippen LogP contribution in [0.3, 0.4) is 0 Å². The molecule has 0 aliphatic heterocycles. The van der Waals surface area contributed by atoms with E-state index in [1.807, 2.05) is 11.0 Å². The number of aromatic nitrogens is 3. The van der Waals surface area contributed by atoms with Crippen molar-refractivity contribution in [1.29, 1.82) is 0 Å². The zero-order valence-corrected chi connectivity index (χ0v) is 10.3. The van der Waals surface area contributed by atoms with E-state index in [4.69, 9.17) is 0 Å². The predicted octanol–water partition coefficient (Wildman–Crippen LogP) is 1.97. The highest BCUT2D eigenvalue weighted by molar-refractivity contribution is 4.87. The van der Waals surface area contributed by atoms with Crippen LogP contribution in [0.25, 0.3) is 0 Å². The molecule has 90 valence electrons. The van der Waals surface area contributed by atoms with Crippen LogP contribution in [-0.2, 0) is 13.1 Å². The Morgan fingerprint density at radius 1 is 1.44 bits per heavy atom. The van der Waals surface area contributed by atoms with Gasteiger partial charge in [0.1, 0.15) is 6.33 Å². The van der Waals surface area contributed by atoms with Gasteiger partial charge in [0.25, 0.3) is 0 Å². The molecule has 1 fully saturated rings. The Kier molecular flexibility index (Phi) is 3.93. The molecule has 0 spiro atoms. The summed E-state index contributed by atoms with van der Waals surface area (Å²) in [5.41, 5.74) is 0. The van der Waals surface area contributed by atoms with Gasteiger partial charge in [0, 0.05) is 12.6 Å². The molecule has 1 N–H and O–H groups in total. The van der Waals surface area contributed by atoms with E-state index in [0.29, 0.717) is 0 Å². The fraction of sp³-hybridized carbons (Fsp3) is 0.833. The van der Waals surface area contributed by atoms with E-state index in [1.165, 1.54) is 25.7 Å². The highest BCUT2D eigenvalue weighted by Gasteiger charge is 2.20. The maximum atomic E-state index is 4.49. The molecular formula is C12H22N4. The normalized spacial score (nSPS) is 15.9. The first kappa shape index (κ1) is 11.6. The number of nitrogens with one attached hydrogen (secondary N) is 1. The summed E-state index contributed by atoms with van der Waals surface area (Å²) in [6.45, 7) is 6.30. The van der Waals surface area contributed by atoms with E-state index in [9.17, 15) is 0 Å². The molecular weight excluding hydrogens is 200 g/mol. The Labute approximate surface area is 97.5 Å². The van der Waals surface area contributed by atoms with Gasteiger partial charge in [0.05, 0.1) is 6.54 Å². The average Bonchev–Trinajstić information content (AvgIpc) is 3.03. The summed E-state index contributed by atoms with van der Waals surface area (Å²) in [4.78, 5) is 4.33. The summed E-state index contributed by atoms with van der Waals surface area (Å²) in [6, 6.07) is 0.728. The van der Waals surface area contributed by atoms with Crippen molar-refractivity contribution >= 4 is 0 Å². The molecule has 0 saturated heterocycles. The van der Waals surface area contributed by atoms with Gasteiger partial charge in [-0.05, 0) is 18.8 Å². The van der Waals surface area contributed by atoms with Crippen LogP contribution in [0.2, 0.25) is 0 Å². The molecule has 0 amide bonds. The van der Waals surface area contributed by atoms with Crippen molar-refractivity contribution in [2.75, 3.05) is 0 Å². The largest absolute Gasteiger partial charge is 0.307 e. The molecule has 1 aliphatic rings. The molecule has 1 aromatic heterocycles. The molecule has 4 heteroatoms. The fourth-order valence-corrected chi connectivity index (χ4v) is 1.84. The molecule has 0 unspecified atom stereocenters. The minimum Gasteiger partial charge on any atom is -0.307 e. The number of hydrogen-bond donors (Lipinski definition) is 1. The van der Waals surface area contributed by atoms with Crippen molar-refractivity contribution < 1.29 is 0 Å². The second-order valence-corrected chi connectivity index (χ2v) is 4.72.